The van der Waals surface area contributed by atoms with Gasteiger partial charge in [-0.05, 0) is 86.6 Å². The van der Waals surface area contributed by atoms with Crippen LogP contribution < -0.4 is 10.6 Å². The van der Waals surface area contributed by atoms with E-state index in [4.69, 9.17) is 11.6 Å². The van der Waals surface area contributed by atoms with Crippen LogP contribution >= 0.6 is 28.6 Å². The first kappa shape index (κ1) is 26.5. The van der Waals surface area contributed by atoms with E-state index in [1.54, 1.807) is 6.07 Å². The van der Waals surface area contributed by atoms with Crippen LogP contribution in [0.3, 0.4) is 0 Å². The third kappa shape index (κ3) is 8.28. The fourth-order valence-electron chi connectivity index (χ4n) is 3.83. The van der Waals surface area contributed by atoms with Gasteiger partial charge in [-0.2, -0.15) is 0 Å². The minimum absolute atomic E-state index is 0. The van der Waals surface area contributed by atoms with Crippen molar-refractivity contribution in [1.29, 1.82) is 0 Å². The van der Waals surface area contributed by atoms with Gasteiger partial charge in [0.05, 0.1) is 0 Å². The van der Waals surface area contributed by atoms with E-state index in [9.17, 15) is 10.2 Å². The van der Waals surface area contributed by atoms with Gasteiger partial charge in [0, 0.05) is 10.4 Å². The van der Waals surface area contributed by atoms with Crippen LogP contribution in [-0.4, -0.2) is 36.4 Å². The normalized spacial score (nSPS) is 10.9. The zero-order chi connectivity index (χ0) is 21.9. The van der Waals surface area contributed by atoms with E-state index < -0.39 is 0 Å². The Labute approximate surface area is 206 Å². The molecule has 0 bridgehead atoms. The first-order valence-corrected chi connectivity index (χ1v) is 11.6. The summed E-state index contributed by atoms with van der Waals surface area (Å²) in [6.45, 7) is 3.94. The number of fused-ring (bicyclic) bond motifs is 1. The molecule has 0 saturated carbocycles. The lowest BCUT2D eigenvalue weighted by atomic mass is 10.0. The van der Waals surface area contributed by atoms with Crippen molar-refractivity contribution in [3.63, 3.8) is 0 Å². The van der Waals surface area contributed by atoms with Crippen molar-refractivity contribution in [2.75, 3.05) is 26.2 Å². The Hall–Kier alpha value is -1.79. The summed E-state index contributed by atoms with van der Waals surface area (Å²) in [5, 5.41) is 29.1. The summed E-state index contributed by atoms with van der Waals surface area (Å²) in [7, 11) is 0. The highest BCUT2D eigenvalue weighted by molar-refractivity contribution is 8.93. The Morgan fingerprint density at radius 3 is 2.00 bits per heavy atom. The van der Waals surface area contributed by atoms with E-state index in [1.807, 2.05) is 18.2 Å². The molecule has 0 amide bonds. The molecule has 0 aliphatic heterocycles. The summed E-state index contributed by atoms with van der Waals surface area (Å²) in [6, 6.07) is 17.5. The average Bonchev–Trinajstić information content (AvgIpc) is 2.78. The quantitative estimate of drug-likeness (QED) is 0.164. The molecule has 0 spiro atoms. The average molecular weight is 522 g/mol. The third-order valence-corrected chi connectivity index (χ3v) is 5.95. The molecule has 32 heavy (non-hydrogen) atoms. The van der Waals surface area contributed by atoms with E-state index in [-0.39, 0.29) is 28.5 Å². The van der Waals surface area contributed by atoms with E-state index in [0.29, 0.717) is 0 Å². The van der Waals surface area contributed by atoms with E-state index >= 15 is 0 Å². The summed E-state index contributed by atoms with van der Waals surface area (Å²) in [5.74, 6) is -0.114. The highest BCUT2D eigenvalue weighted by atomic mass is 79.9. The number of hydrogen-bond donors (Lipinski definition) is 4. The fraction of sp³-hybridized carbons (Fsp3) is 0.385. The van der Waals surface area contributed by atoms with Gasteiger partial charge in [-0.3, -0.25) is 0 Å². The molecule has 3 aromatic carbocycles. The van der Waals surface area contributed by atoms with Crippen LogP contribution in [0.4, 0.5) is 0 Å². The molecule has 0 aromatic heterocycles. The molecule has 0 unspecified atom stereocenters. The summed E-state index contributed by atoms with van der Waals surface area (Å²) >= 11 is 6.30. The molecule has 3 aromatic rings. The molecule has 3 rings (SSSR count). The van der Waals surface area contributed by atoms with Crippen molar-refractivity contribution in [2.45, 2.75) is 38.5 Å². The number of hydrogen-bond acceptors (Lipinski definition) is 4. The number of nitrogens with one attached hydrogen (secondary N) is 2. The lowest BCUT2D eigenvalue weighted by Gasteiger charge is -2.09. The lowest BCUT2D eigenvalue weighted by Crippen LogP contribution is -2.19. The smallest absolute Gasteiger partial charge is 0.157 e. The second-order valence-electron chi connectivity index (χ2n) is 7.99. The molecule has 0 radical (unpaired) electrons. The maximum atomic E-state index is 9.51. The van der Waals surface area contributed by atoms with Crippen LogP contribution in [0.1, 0.15) is 36.8 Å². The summed E-state index contributed by atoms with van der Waals surface area (Å²) in [4.78, 5) is 0. The number of benzene rings is 3. The monoisotopic (exact) mass is 520 g/mol. The van der Waals surface area contributed by atoms with Gasteiger partial charge < -0.3 is 20.8 Å². The maximum Gasteiger partial charge on any atom is 0.157 e. The van der Waals surface area contributed by atoms with Crippen molar-refractivity contribution in [2.24, 2.45) is 0 Å². The number of aromatic hydroxyl groups is 2. The van der Waals surface area contributed by atoms with Gasteiger partial charge in [-0.15, -0.1) is 17.0 Å². The number of rotatable bonds is 13. The largest absolute Gasteiger partial charge is 0.504 e. The van der Waals surface area contributed by atoms with Crippen LogP contribution in [0.15, 0.2) is 54.6 Å². The maximum absolute atomic E-state index is 9.51. The van der Waals surface area contributed by atoms with Crippen molar-refractivity contribution in [1.82, 2.24) is 10.6 Å². The molecule has 0 heterocycles. The van der Waals surface area contributed by atoms with E-state index in [0.717, 1.165) is 55.0 Å². The Morgan fingerprint density at radius 1 is 0.656 bits per heavy atom. The summed E-state index contributed by atoms with van der Waals surface area (Å²) in [5.41, 5.74) is 2.38. The first-order valence-electron chi connectivity index (χ1n) is 11.2. The zero-order valence-electron chi connectivity index (χ0n) is 18.4. The number of halogens is 2. The molecule has 0 aliphatic carbocycles. The van der Waals surface area contributed by atoms with E-state index in [1.165, 1.54) is 42.7 Å². The van der Waals surface area contributed by atoms with E-state index in [2.05, 4.69) is 34.9 Å². The molecule has 174 valence electrons. The molecular weight excluding hydrogens is 488 g/mol. The molecule has 0 saturated heterocycles. The van der Waals surface area contributed by atoms with Crippen molar-refractivity contribution >= 4 is 39.4 Å². The molecule has 0 fully saturated rings. The van der Waals surface area contributed by atoms with Crippen LogP contribution in [0.5, 0.6) is 11.5 Å². The molecular formula is C26H34BrClN2O2. The summed E-state index contributed by atoms with van der Waals surface area (Å²) in [6.07, 6.45) is 6.72. The Morgan fingerprint density at radius 2 is 1.31 bits per heavy atom. The summed E-state index contributed by atoms with van der Waals surface area (Å²) < 4.78 is 0. The van der Waals surface area contributed by atoms with Crippen LogP contribution in [0.25, 0.3) is 10.8 Å². The van der Waals surface area contributed by atoms with Gasteiger partial charge in [0.25, 0.3) is 0 Å². The minimum Gasteiger partial charge on any atom is -0.504 e. The van der Waals surface area contributed by atoms with Crippen LogP contribution in [0, 0.1) is 0 Å². The molecule has 0 aliphatic rings. The standard InChI is InChI=1S/C26H33ClN2O2.BrH/c27-24-11-10-21(22-7-3-4-8-23(22)24)14-18-29-16-6-2-1-5-15-28-17-13-20-9-12-25(30)26(31)19-20;/h3-4,7-12,19,28-31H,1-2,5-6,13-18H2;1H. The molecule has 4 N–H and O–H groups in total. The lowest BCUT2D eigenvalue weighted by molar-refractivity contribution is 0.403. The van der Waals surface area contributed by atoms with Gasteiger partial charge in [0.15, 0.2) is 11.5 Å². The van der Waals surface area contributed by atoms with Gasteiger partial charge in [0.1, 0.15) is 0 Å². The topological polar surface area (TPSA) is 64.5 Å². The fourth-order valence-corrected chi connectivity index (χ4v) is 4.05. The van der Waals surface area contributed by atoms with Gasteiger partial charge >= 0.3 is 0 Å². The van der Waals surface area contributed by atoms with Gasteiger partial charge in [-0.25, -0.2) is 0 Å². The molecule has 0 atom stereocenters. The number of unbranched alkanes of at least 4 members (excludes halogenated alkanes) is 3. The van der Waals surface area contributed by atoms with Crippen LogP contribution in [-0.2, 0) is 12.8 Å². The van der Waals surface area contributed by atoms with Crippen molar-refractivity contribution < 1.29 is 10.2 Å². The van der Waals surface area contributed by atoms with Gasteiger partial charge in [0.2, 0.25) is 0 Å². The first-order chi connectivity index (χ1) is 15.1. The highest BCUT2D eigenvalue weighted by Crippen LogP contribution is 2.26. The molecule has 6 heteroatoms. The number of phenols is 2. The van der Waals surface area contributed by atoms with Crippen molar-refractivity contribution in [3.05, 3.63) is 70.7 Å². The Bertz CT molecular complexity index is 968. The molecule has 4 nitrogen and oxygen atoms in total. The third-order valence-electron chi connectivity index (χ3n) is 5.62. The Kier molecular flexibility index (Phi) is 11.9. The second-order valence-corrected chi connectivity index (χ2v) is 8.40. The minimum atomic E-state index is -0.0651. The Balaban J connectivity index is 0.00000363. The predicted octanol–water partition coefficient (Wildman–Crippen LogP) is 6.01. The zero-order valence-corrected chi connectivity index (χ0v) is 20.9. The highest BCUT2D eigenvalue weighted by Gasteiger charge is 2.04. The van der Waals surface area contributed by atoms with Crippen molar-refractivity contribution in [3.8, 4) is 11.5 Å². The number of phenolic OH excluding ortho intramolecular Hbond substituents is 2. The predicted molar refractivity (Wildman–Crippen MR) is 141 cm³/mol. The SMILES string of the molecule is Br.Oc1ccc(CCNCCCCCCNCCc2ccc(Cl)c3ccccc23)cc1O. The van der Waals surface area contributed by atoms with Crippen LogP contribution in [0.2, 0.25) is 5.02 Å². The second kappa shape index (κ2) is 14.4. The van der Waals surface area contributed by atoms with Gasteiger partial charge in [-0.1, -0.05) is 60.8 Å².